The van der Waals surface area contributed by atoms with Gasteiger partial charge in [-0.2, -0.15) is 5.26 Å². The number of nitriles is 1. The molecule has 1 aromatic carbocycles. The molecule has 1 aromatic heterocycles. The van der Waals surface area contributed by atoms with E-state index in [1.54, 1.807) is 6.07 Å². The summed E-state index contributed by atoms with van der Waals surface area (Å²) in [6.45, 7) is 0. The summed E-state index contributed by atoms with van der Waals surface area (Å²) in [4.78, 5) is 4.09. The second-order valence-electron chi connectivity index (χ2n) is 3.37. The van der Waals surface area contributed by atoms with Gasteiger partial charge >= 0.3 is 0 Å². The molecule has 0 aliphatic rings. The van der Waals surface area contributed by atoms with Crippen molar-refractivity contribution in [1.82, 2.24) is 4.98 Å². The van der Waals surface area contributed by atoms with Crippen molar-refractivity contribution < 1.29 is 0 Å². The van der Waals surface area contributed by atoms with Crippen LogP contribution in [0.5, 0.6) is 0 Å². The van der Waals surface area contributed by atoms with E-state index in [1.165, 1.54) is 0 Å². The van der Waals surface area contributed by atoms with Gasteiger partial charge < -0.3 is 0 Å². The van der Waals surface area contributed by atoms with Gasteiger partial charge in [-0.1, -0.05) is 41.9 Å². The Morgan fingerprint density at radius 2 is 1.88 bits per heavy atom. The van der Waals surface area contributed by atoms with Crippen molar-refractivity contribution in [2.45, 2.75) is 6.42 Å². The van der Waals surface area contributed by atoms with E-state index in [4.69, 9.17) is 16.9 Å². The average molecular weight is 229 g/mol. The summed E-state index contributed by atoms with van der Waals surface area (Å²) in [5.41, 5.74) is 2.77. The highest BCUT2D eigenvalue weighted by Gasteiger charge is 2.02. The van der Waals surface area contributed by atoms with E-state index in [2.05, 4.69) is 11.1 Å². The van der Waals surface area contributed by atoms with Crippen LogP contribution in [0.3, 0.4) is 0 Å². The Bertz CT molecular complexity index is 529. The monoisotopic (exact) mass is 228 g/mol. The van der Waals surface area contributed by atoms with Crippen LogP contribution in [0.1, 0.15) is 5.69 Å². The molecule has 0 unspecified atom stereocenters. The maximum atomic E-state index is 8.64. The maximum absolute atomic E-state index is 8.64. The zero-order chi connectivity index (χ0) is 11.4. The first-order valence-electron chi connectivity index (χ1n) is 4.88. The molecule has 0 saturated heterocycles. The van der Waals surface area contributed by atoms with Crippen molar-refractivity contribution in [2.75, 3.05) is 0 Å². The van der Waals surface area contributed by atoms with Crippen molar-refractivity contribution in [3.8, 4) is 17.2 Å². The molecule has 0 bridgehead atoms. The molecular weight excluding hydrogens is 220 g/mol. The van der Waals surface area contributed by atoms with Gasteiger partial charge in [0.15, 0.2) is 0 Å². The number of nitrogens with zero attached hydrogens (tertiary/aromatic N) is 2. The van der Waals surface area contributed by atoms with Crippen molar-refractivity contribution in [1.29, 1.82) is 5.26 Å². The highest BCUT2D eigenvalue weighted by Crippen LogP contribution is 2.22. The van der Waals surface area contributed by atoms with Crippen molar-refractivity contribution in [3.05, 3.63) is 53.3 Å². The largest absolute Gasteiger partial charge is 0.240 e. The second-order valence-corrected chi connectivity index (χ2v) is 3.76. The molecule has 2 aromatic rings. The Hall–Kier alpha value is -1.85. The van der Waals surface area contributed by atoms with E-state index < -0.39 is 0 Å². The maximum Gasteiger partial charge on any atom is 0.130 e. The Labute approximate surface area is 99.1 Å². The third kappa shape index (κ3) is 2.39. The van der Waals surface area contributed by atoms with Gasteiger partial charge in [0.1, 0.15) is 5.15 Å². The predicted octanol–water partition coefficient (Wildman–Crippen LogP) is 3.47. The summed E-state index contributed by atoms with van der Waals surface area (Å²) < 4.78 is 0. The molecule has 0 fully saturated rings. The van der Waals surface area contributed by atoms with E-state index in [-0.39, 0.29) is 6.42 Å². The van der Waals surface area contributed by atoms with Crippen LogP contribution in [-0.4, -0.2) is 4.98 Å². The molecule has 3 heteroatoms. The molecule has 0 aliphatic heterocycles. The fourth-order valence-corrected chi connectivity index (χ4v) is 1.75. The minimum atomic E-state index is 0.278. The van der Waals surface area contributed by atoms with Crippen LogP contribution in [0, 0.1) is 11.3 Å². The summed E-state index contributed by atoms with van der Waals surface area (Å²) in [6, 6.07) is 15.7. The fourth-order valence-electron chi connectivity index (χ4n) is 1.52. The van der Waals surface area contributed by atoms with Crippen LogP contribution in [0.4, 0.5) is 0 Å². The van der Waals surface area contributed by atoms with Gasteiger partial charge in [-0.15, -0.1) is 0 Å². The van der Waals surface area contributed by atoms with Gasteiger partial charge in [-0.25, -0.2) is 4.98 Å². The van der Waals surface area contributed by atoms with Crippen LogP contribution >= 0.6 is 11.6 Å². The number of aromatic nitrogens is 1. The first-order chi connectivity index (χ1) is 7.79. The van der Waals surface area contributed by atoms with Gasteiger partial charge in [-0.05, 0) is 23.3 Å². The van der Waals surface area contributed by atoms with Gasteiger partial charge in [0.05, 0.1) is 18.2 Å². The highest BCUT2D eigenvalue weighted by molar-refractivity contribution is 6.29. The Kier molecular flexibility index (Phi) is 3.19. The Morgan fingerprint density at radius 1 is 1.12 bits per heavy atom. The van der Waals surface area contributed by atoms with E-state index in [9.17, 15) is 0 Å². The van der Waals surface area contributed by atoms with Gasteiger partial charge in [0, 0.05) is 0 Å². The molecule has 0 N–H and O–H groups in total. The third-order valence-corrected chi connectivity index (χ3v) is 2.41. The number of pyridine rings is 1. The molecule has 0 saturated carbocycles. The van der Waals surface area contributed by atoms with Gasteiger partial charge in [0.25, 0.3) is 0 Å². The van der Waals surface area contributed by atoms with Gasteiger partial charge in [0.2, 0.25) is 0 Å². The summed E-state index contributed by atoms with van der Waals surface area (Å²) in [5, 5.41) is 9.06. The normalized spacial score (nSPS) is 9.75. The first kappa shape index (κ1) is 10.7. The standard InChI is InChI=1S/C13H9ClN2/c14-13-9-11(8-12(16-13)6-7-15)10-4-2-1-3-5-10/h1-5,8-9H,6H2. The van der Waals surface area contributed by atoms with Gasteiger partial charge in [-0.3, -0.25) is 0 Å². The molecular formula is C13H9ClN2. The zero-order valence-electron chi connectivity index (χ0n) is 8.52. The number of rotatable bonds is 2. The first-order valence-corrected chi connectivity index (χ1v) is 5.26. The topological polar surface area (TPSA) is 36.7 Å². The van der Waals surface area contributed by atoms with E-state index >= 15 is 0 Å². The van der Waals surface area contributed by atoms with E-state index in [0.29, 0.717) is 10.8 Å². The summed E-state index contributed by atoms with van der Waals surface area (Å²) >= 11 is 5.92. The van der Waals surface area contributed by atoms with Crippen LogP contribution in [0.2, 0.25) is 5.15 Å². The number of halogens is 1. The lowest BCUT2D eigenvalue weighted by atomic mass is 10.1. The van der Waals surface area contributed by atoms with E-state index in [0.717, 1.165) is 11.1 Å². The number of hydrogen-bond donors (Lipinski definition) is 0. The Morgan fingerprint density at radius 3 is 2.56 bits per heavy atom. The SMILES string of the molecule is N#CCc1cc(-c2ccccc2)cc(Cl)n1. The smallest absolute Gasteiger partial charge is 0.130 e. The highest BCUT2D eigenvalue weighted by atomic mass is 35.5. The third-order valence-electron chi connectivity index (χ3n) is 2.21. The minimum absolute atomic E-state index is 0.278. The van der Waals surface area contributed by atoms with E-state index in [1.807, 2.05) is 36.4 Å². The molecule has 16 heavy (non-hydrogen) atoms. The molecule has 0 amide bonds. The summed E-state index contributed by atoms with van der Waals surface area (Å²) in [6.07, 6.45) is 0.278. The Balaban J connectivity index is 2.46. The van der Waals surface area contributed by atoms with Crippen molar-refractivity contribution in [2.24, 2.45) is 0 Å². The molecule has 0 atom stereocenters. The molecule has 1 heterocycles. The van der Waals surface area contributed by atoms with Crippen LogP contribution in [0.15, 0.2) is 42.5 Å². The number of hydrogen-bond acceptors (Lipinski definition) is 2. The molecule has 0 aliphatic carbocycles. The summed E-state index contributed by atoms with van der Waals surface area (Å²) in [5.74, 6) is 0. The minimum Gasteiger partial charge on any atom is -0.240 e. The lowest BCUT2D eigenvalue weighted by Gasteiger charge is -2.03. The molecule has 0 spiro atoms. The van der Waals surface area contributed by atoms with Crippen LogP contribution in [-0.2, 0) is 6.42 Å². The number of benzene rings is 1. The predicted molar refractivity (Wildman–Crippen MR) is 64.0 cm³/mol. The zero-order valence-corrected chi connectivity index (χ0v) is 9.28. The fraction of sp³-hybridized carbons (Fsp3) is 0.0769. The lowest BCUT2D eigenvalue weighted by molar-refractivity contribution is 1.12. The molecule has 0 radical (unpaired) electrons. The summed E-state index contributed by atoms with van der Waals surface area (Å²) in [7, 11) is 0. The second kappa shape index (κ2) is 4.78. The average Bonchev–Trinajstić information content (AvgIpc) is 2.30. The molecule has 2 nitrogen and oxygen atoms in total. The molecule has 78 valence electrons. The lowest BCUT2D eigenvalue weighted by Crippen LogP contribution is -1.90. The van der Waals surface area contributed by atoms with Crippen molar-refractivity contribution in [3.63, 3.8) is 0 Å². The molecule has 2 rings (SSSR count). The van der Waals surface area contributed by atoms with Crippen LogP contribution < -0.4 is 0 Å². The van der Waals surface area contributed by atoms with Crippen molar-refractivity contribution >= 4 is 11.6 Å². The van der Waals surface area contributed by atoms with Crippen LogP contribution in [0.25, 0.3) is 11.1 Å². The quantitative estimate of drug-likeness (QED) is 0.738.